The number of pyridine rings is 1. The largest absolute Gasteiger partial charge is 0.388 e. The second-order valence-electron chi connectivity index (χ2n) is 6.09. The third-order valence-corrected chi connectivity index (χ3v) is 4.87. The van der Waals surface area contributed by atoms with Crippen molar-refractivity contribution in [2.45, 2.75) is 26.9 Å². The summed E-state index contributed by atoms with van der Waals surface area (Å²) in [6.45, 7) is 5.59. The Bertz CT molecular complexity index is 927. The van der Waals surface area contributed by atoms with Crippen LogP contribution in [0.2, 0.25) is 5.02 Å². The molecule has 3 rings (SSSR count). The van der Waals surface area contributed by atoms with E-state index in [0.717, 1.165) is 11.3 Å². The number of halogens is 1. The van der Waals surface area contributed by atoms with Crippen molar-refractivity contribution in [3.8, 4) is 0 Å². The first-order chi connectivity index (χ1) is 11.2. The topological polar surface area (TPSA) is 107 Å². The monoisotopic (exact) mass is 346 g/mol. The molecule has 1 amide bonds. The number of anilines is 1. The van der Waals surface area contributed by atoms with Crippen LogP contribution >= 0.6 is 11.6 Å². The number of fused-ring (bicyclic) bond motifs is 1. The maximum absolute atomic E-state index is 11.9. The average molecular weight is 347 g/mol. The number of hydrogen-bond donors (Lipinski definition) is 3. The number of amides is 1. The molecule has 0 bridgehead atoms. The van der Waals surface area contributed by atoms with Gasteiger partial charge in [0.15, 0.2) is 0 Å². The Morgan fingerprint density at radius 1 is 1.42 bits per heavy atom. The molecule has 2 aromatic heterocycles. The average Bonchev–Trinajstić information content (AvgIpc) is 2.77. The number of aryl methyl sites for hydroxylation is 1. The van der Waals surface area contributed by atoms with Gasteiger partial charge in [-0.1, -0.05) is 30.7 Å². The summed E-state index contributed by atoms with van der Waals surface area (Å²) < 4.78 is 1.70. The van der Waals surface area contributed by atoms with Crippen molar-refractivity contribution in [3.63, 3.8) is 0 Å². The summed E-state index contributed by atoms with van der Waals surface area (Å²) in [4.78, 5) is 16.4. The highest BCUT2D eigenvalue weighted by Gasteiger charge is 2.29. The molecule has 0 saturated heterocycles. The van der Waals surface area contributed by atoms with E-state index in [0.29, 0.717) is 21.7 Å². The summed E-state index contributed by atoms with van der Waals surface area (Å²) in [5.74, 6) is -0.655. The van der Waals surface area contributed by atoms with Gasteiger partial charge >= 0.3 is 0 Å². The van der Waals surface area contributed by atoms with Gasteiger partial charge in [-0.2, -0.15) is 0 Å². The Hall–Kier alpha value is -2.31. The van der Waals surface area contributed by atoms with Gasteiger partial charge in [-0.15, -0.1) is 0 Å². The number of nitrogens with zero attached hydrogens (tertiary/aromatic N) is 2. The van der Waals surface area contributed by atoms with Gasteiger partial charge in [0, 0.05) is 17.0 Å². The Balaban J connectivity index is 2.45. The maximum Gasteiger partial charge on any atom is 0.253 e. The molecule has 1 aliphatic rings. The van der Waals surface area contributed by atoms with E-state index in [1.807, 2.05) is 19.9 Å². The number of primary amides is 1. The van der Waals surface area contributed by atoms with Gasteiger partial charge in [0.1, 0.15) is 11.5 Å². The van der Waals surface area contributed by atoms with Crippen LogP contribution in [0.1, 0.15) is 29.9 Å². The van der Waals surface area contributed by atoms with Crippen LogP contribution in [0, 0.1) is 12.8 Å². The molecule has 1 aliphatic carbocycles. The lowest BCUT2D eigenvalue weighted by Crippen LogP contribution is -2.24. The highest BCUT2D eigenvalue weighted by molar-refractivity contribution is 6.32. The molecule has 2 aromatic rings. The Labute approximate surface area is 144 Å². The SMILES string of the molecule is CC1=C(n2c(N)c(C(N)=O)c3cc(Cl)c(C)nc32)[C@H](C)[C@H](O)C=C1. The number of hydrogen-bond acceptors (Lipinski definition) is 4. The fourth-order valence-corrected chi connectivity index (χ4v) is 3.34. The predicted molar refractivity (Wildman–Crippen MR) is 95.6 cm³/mol. The van der Waals surface area contributed by atoms with E-state index in [1.54, 1.807) is 23.6 Å². The minimum absolute atomic E-state index is 0.191. The normalized spacial score (nSPS) is 20.9. The van der Waals surface area contributed by atoms with E-state index in [-0.39, 0.29) is 17.3 Å². The molecular weight excluding hydrogens is 328 g/mol. The van der Waals surface area contributed by atoms with Gasteiger partial charge in [0.2, 0.25) is 0 Å². The lowest BCUT2D eigenvalue weighted by Gasteiger charge is -2.27. The minimum atomic E-state index is -0.647. The Morgan fingerprint density at radius 2 is 2.08 bits per heavy atom. The van der Waals surface area contributed by atoms with E-state index in [9.17, 15) is 9.90 Å². The standard InChI is InChI=1S/C17H19ClN4O2/c1-7-4-5-12(23)8(2)14(7)22-15(19)13(16(20)24)10-6-11(18)9(3)21-17(10)22/h4-6,8,12,23H,19H2,1-3H3,(H2,20,24)/t8-,12-/m1/s1. The summed E-state index contributed by atoms with van der Waals surface area (Å²) in [5, 5.41) is 11.1. The first-order valence-electron chi connectivity index (χ1n) is 7.58. The van der Waals surface area contributed by atoms with Crippen LogP contribution in [0.3, 0.4) is 0 Å². The second-order valence-corrected chi connectivity index (χ2v) is 6.50. The van der Waals surface area contributed by atoms with Crippen LogP contribution in [-0.2, 0) is 0 Å². The number of aromatic nitrogens is 2. The molecule has 0 unspecified atom stereocenters. The van der Waals surface area contributed by atoms with Gasteiger partial charge < -0.3 is 16.6 Å². The van der Waals surface area contributed by atoms with Crippen molar-refractivity contribution in [2.24, 2.45) is 11.7 Å². The van der Waals surface area contributed by atoms with E-state index in [4.69, 9.17) is 23.1 Å². The summed E-state index contributed by atoms with van der Waals surface area (Å²) in [6, 6.07) is 1.65. The molecule has 24 heavy (non-hydrogen) atoms. The third kappa shape index (κ3) is 2.30. The molecule has 0 aromatic carbocycles. The first-order valence-corrected chi connectivity index (χ1v) is 7.96. The summed E-state index contributed by atoms with van der Waals surface area (Å²) >= 11 is 6.16. The number of rotatable bonds is 2. The molecule has 6 nitrogen and oxygen atoms in total. The molecular formula is C17H19ClN4O2. The highest BCUT2D eigenvalue weighted by Crippen LogP contribution is 2.38. The lowest BCUT2D eigenvalue weighted by molar-refractivity contribution is 0.100. The lowest BCUT2D eigenvalue weighted by atomic mass is 9.91. The third-order valence-electron chi connectivity index (χ3n) is 4.49. The molecule has 2 heterocycles. The van der Waals surface area contributed by atoms with Gasteiger partial charge in [-0.05, 0) is 25.5 Å². The molecule has 0 saturated carbocycles. The van der Waals surface area contributed by atoms with Crippen molar-refractivity contribution in [3.05, 3.63) is 40.1 Å². The highest BCUT2D eigenvalue weighted by atomic mass is 35.5. The molecule has 0 aliphatic heterocycles. The quantitative estimate of drug-likeness (QED) is 0.776. The van der Waals surface area contributed by atoms with E-state index < -0.39 is 12.0 Å². The number of nitrogen functional groups attached to an aromatic ring is 1. The fraction of sp³-hybridized carbons (Fsp3) is 0.294. The van der Waals surface area contributed by atoms with Gasteiger partial charge in [-0.3, -0.25) is 9.36 Å². The molecule has 126 valence electrons. The zero-order valence-corrected chi connectivity index (χ0v) is 14.4. The molecule has 0 fully saturated rings. The van der Waals surface area contributed by atoms with Gasteiger partial charge in [0.05, 0.1) is 22.4 Å². The maximum atomic E-state index is 11.9. The number of carbonyl (C=O) groups excluding carboxylic acids is 1. The number of carbonyl (C=O) groups is 1. The van der Waals surface area contributed by atoms with Crippen molar-refractivity contribution in [1.82, 2.24) is 9.55 Å². The van der Waals surface area contributed by atoms with E-state index in [2.05, 4.69) is 4.98 Å². The van der Waals surface area contributed by atoms with Gasteiger partial charge in [-0.25, -0.2) is 4.98 Å². The van der Waals surface area contributed by atoms with Crippen LogP contribution in [0.4, 0.5) is 5.82 Å². The van der Waals surface area contributed by atoms with Crippen LogP contribution in [0.25, 0.3) is 16.7 Å². The Kier molecular flexibility index (Phi) is 3.89. The zero-order chi connectivity index (χ0) is 17.8. The minimum Gasteiger partial charge on any atom is -0.388 e. The van der Waals surface area contributed by atoms with Crippen LogP contribution in [0.15, 0.2) is 23.8 Å². The van der Waals surface area contributed by atoms with Crippen LogP contribution < -0.4 is 11.5 Å². The van der Waals surface area contributed by atoms with Crippen molar-refractivity contribution >= 4 is 40.1 Å². The molecule has 0 radical (unpaired) electrons. The first kappa shape index (κ1) is 16.5. The molecule has 7 heteroatoms. The number of aliphatic hydroxyl groups is 1. The summed E-state index contributed by atoms with van der Waals surface area (Å²) in [5.41, 5.74) is 14.8. The number of allylic oxidation sites excluding steroid dienone is 2. The smallest absolute Gasteiger partial charge is 0.253 e. The van der Waals surface area contributed by atoms with Crippen molar-refractivity contribution < 1.29 is 9.90 Å². The number of nitrogens with two attached hydrogens (primary N) is 2. The van der Waals surface area contributed by atoms with Crippen molar-refractivity contribution in [2.75, 3.05) is 5.73 Å². The second kappa shape index (κ2) is 5.65. The summed E-state index contributed by atoms with van der Waals surface area (Å²) in [6.07, 6.45) is 2.92. The van der Waals surface area contributed by atoms with E-state index >= 15 is 0 Å². The fourth-order valence-electron chi connectivity index (χ4n) is 3.19. The van der Waals surface area contributed by atoms with Crippen LogP contribution in [-0.4, -0.2) is 26.7 Å². The van der Waals surface area contributed by atoms with Crippen LogP contribution in [0.5, 0.6) is 0 Å². The molecule has 5 N–H and O–H groups in total. The summed E-state index contributed by atoms with van der Waals surface area (Å²) in [7, 11) is 0. The van der Waals surface area contributed by atoms with E-state index in [1.165, 1.54) is 0 Å². The molecule has 2 atom stereocenters. The zero-order valence-electron chi connectivity index (χ0n) is 13.7. The number of aliphatic hydroxyl groups excluding tert-OH is 1. The van der Waals surface area contributed by atoms with Crippen molar-refractivity contribution in [1.29, 1.82) is 0 Å². The predicted octanol–water partition coefficient (Wildman–Crippen LogP) is 2.48. The Morgan fingerprint density at radius 3 is 2.71 bits per heavy atom. The van der Waals surface area contributed by atoms with Gasteiger partial charge in [0.25, 0.3) is 5.91 Å². The molecule has 0 spiro atoms.